The average molecular weight is 600 g/mol. The highest BCUT2D eigenvalue weighted by atomic mass is 15.0. The normalized spacial score (nSPS) is 11.8. The molecule has 0 spiro atoms. The van der Waals surface area contributed by atoms with Crippen molar-refractivity contribution >= 4 is 54.5 Å². The predicted molar refractivity (Wildman–Crippen MR) is 197 cm³/mol. The Bertz CT molecular complexity index is 2720. The molecule has 10 rings (SSSR count). The molecule has 0 aliphatic heterocycles. The molecule has 0 bridgehead atoms. The van der Waals surface area contributed by atoms with Gasteiger partial charge in [0.2, 0.25) is 0 Å². The van der Waals surface area contributed by atoms with Gasteiger partial charge in [-0.1, -0.05) is 103 Å². The zero-order valence-electron chi connectivity index (χ0n) is 25.6. The smallest absolute Gasteiger partial charge is 0.0548 e. The minimum absolute atomic E-state index is 1.14. The van der Waals surface area contributed by atoms with Crippen LogP contribution in [-0.2, 0) is 0 Å². The quantitative estimate of drug-likeness (QED) is 0.191. The van der Waals surface area contributed by atoms with E-state index in [1.807, 2.05) is 0 Å². The summed E-state index contributed by atoms with van der Waals surface area (Å²) in [4.78, 5) is 0. The van der Waals surface area contributed by atoms with E-state index in [0.717, 1.165) is 17.1 Å². The second-order valence-electron chi connectivity index (χ2n) is 12.3. The van der Waals surface area contributed by atoms with Gasteiger partial charge in [0.05, 0.1) is 27.6 Å². The van der Waals surface area contributed by atoms with E-state index in [4.69, 9.17) is 0 Å². The lowest BCUT2D eigenvalue weighted by Crippen LogP contribution is -2.00. The molecule has 0 fully saturated rings. The maximum Gasteiger partial charge on any atom is 0.0548 e. The zero-order valence-corrected chi connectivity index (χ0v) is 25.6. The molecule has 47 heavy (non-hydrogen) atoms. The molecule has 0 saturated carbocycles. The van der Waals surface area contributed by atoms with E-state index in [9.17, 15) is 0 Å². The Hall–Kier alpha value is -6.32. The lowest BCUT2D eigenvalue weighted by molar-refractivity contribution is 1.13. The number of aromatic nitrogens is 3. The van der Waals surface area contributed by atoms with Gasteiger partial charge in [-0.25, -0.2) is 0 Å². The number of para-hydroxylation sites is 4. The number of hydrogen-bond acceptors (Lipinski definition) is 0. The molecule has 0 aliphatic carbocycles. The Kier molecular flexibility index (Phi) is 5.57. The standard InChI is InChI=1S/C44H29N3/c1-3-13-30(14-4-1)32-25-34(46-40-20-10-7-17-36(40)37-18-8-11-21-41(37)46)28-35(26-32)47-42-22-12-9-19-38(42)39-29-43-31(27-44(39)47)23-24-45(43)33-15-5-2-6-16-33/h1-29H. The predicted octanol–water partition coefficient (Wildman–Crippen LogP) is 11.5. The first-order chi connectivity index (χ1) is 23.3. The van der Waals surface area contributed by atoms with E-state index < -0.39 is 0 Å². The van der Waals surface area contributed by atoms with E-state index in [-0.39, 0.29) is 0 Å². The van der Waals surface area contributed by atoms with Crippen molar-refractivity contribution in [1.82, 2.24) is 13.7 Å². The van der Waals surface area contributed by atoms with Crippen LogP contribution in [0.3, 0.4) is 0 Å². The number of benzene rings is 7. The SMILES string of the molecule is c1ccc(-c2cc(-n3c4ccccc4c4ccccc43)cc(-n3c4ccccc4c4cc5c(ccn5-c5ccccc5)cc43)c2)cc1. The number of fused-ring (bicyclic) bond motifs is 7. The van der Waals surface area contributed by atoms with Gasteiger partial charge in [0.1, 0.15) is 0 Å². The Morgan fingerprint density at radius 3 is 1.43 bits per heavy atom. The van der Waals surface area contributed by atoms with Crippen molar-refractivity contribution in [3.8, 4) is 28.2 Å². The Morgan fingerprint density at radius 1 is 0.298 bits per heavy atom. The van der Waals surface area contributed by atoms with Gasteiger partial charge in [0, 0.05) is 50.2 Å². The summed E-state index contributed by atoms with van der Waals surface area (Å²) < 4.78 is 7.16. The molecule has 220 valence electrons. The summed E-state index contributed by atoms with van der Waals surface area (Å²) in [5, 5.41) is 6.22. The Morgan fingerprint density at radius 2 is 0.809 bits per heavy atom. The number of nitrogens with zero attached hydrogens (tertiary/aromatic N) is 3. The molecule has 3 nitrogen and oxygen atoms in total. The molecule has 3 aromatic heterocycles. The van der Waals surface area contributed by atoms with Gasteiger partial charge >= 0.3 is 0 Å². The van der Waals surface area contributed by atoms with E-state index >= 15 is 0 Å². The third-order valence-corrected chi connectivity index (χ3v) is 9.62. The highest BCUT2D eigenvalue weighted by molar-refractivity contribution is 6.14. The molecule has 0 atom stereocenters. The van der Waals surface area contributed by atoms with Gasteiger partial charge in [-0.2, -0.15) is 0 Å². The monoisotopic (exact) mass is 599 g/mol. The van der Waals surface area contributed by atoms with Crippen LogP contribution in [-0.4, -0.2) is 13.7 Å². The summed E-state index contributed by atoms with van der Waals surface area (Å²) in [5.74, 6) is 0. The molecular weight excluding hydrogens is 571 g/mol. The highest BCUT2D eigenvalue weighted by Gasteiger charge is 2.18. The third-order valence-electron chi connectivity index (χ3n) is 9.62. The van der Waals surface area contributed by atoms with Crippen LogP contribution in [0.4, 0.5) is 0 Å². The summed E-state index contributed by atoms with van der Waals surface area (Å²) in [6, 6.07) is 61.6. The Balaban J connectivity index is 1.30. The fourth-order valence-electron chi connectivity index (χ4n) is 7.54. The van der Waals surface area contributed by atoms with Crippen molar-refractivity contribution in [2.45, 2.75) is 0 Å². The van der Waals surface area contributed by atoms with Gasteiger partial charge in [-0.05, 0) is 77.9 Å². The first-order valence-electron chi connectivity index (χ1n) is 16.1. The average Bonchev–Trinajstić information content (AvgIpc) is 3.81. The second kappa shape index (κ2) is 10.1. The van der Waals surface area contributed by atoms with Crippen LogP contribution in [0.15, 0.2) is 176 Å². The molecule has 0 amide bonds. The second-order valence-corrected chi connectivity index (χ2v) is 12.3. The fourth-order valence-corrected chi connectivity index (χ4v) is 7.54. The van der Waals surface area contributed by atoms with Gasteiger partial charge in [0.25, 0.3) is 0 Å². The van der Waals surface area contributed by atoms with Crippen molar-refractivity contribution in [2.75, 3.05) is 0 Å². The summed E-state index contributed by atoms with van der Waals surface area (Å²) in [5.41, 5.74) is 11.8. The summed E-state index contributed by atoms with van der Waals surface area (Å²) in [6.07, 6.45) is 2.18. The van der Waals surface area contributed by atoms with Crippen LogP contribution in [0.5, 0.6) is 0 Å². The molecule has 0 saturated heterocycles. The molecular formula is C44H29N3. The van der Waals surface area contributed by atoms with Crippen LogP contribution >= 0.6 is 0 Å². The van der Waals surface area contributed by atoms with Gasteiger partial charge in [-0.15, -0.1) is 0 Å². The lowest BCUT2D eigenvalue weighted by atomic mass is 10.0. The molecule has 10 aromatic rings. The summed E-state index contributed by atoms with van der Waals surface area (Å²) in [7, 11) is 0. The largest absolute Gasteiger partial charge is 0.317 e. The van der Waals surface area contributed by atoms with Crippen LogP contribution in [0.2, 0.25) is 0 Å². The van der Waals surface area contributed by atoms with Crippen molar-refractivity contribution in [3.05, 3.63) is 176 Å². The molecule has 7 aromatic carbocycles. The topological polar surface area (TPSA) is 14.8 Å². The molecule has 3 heterocycles. The first kappa shape index (κ1) is 26.0. The van der Waals surface area contributed by atoms with E-state index in [1.165, 1.54) is 65.6 Å². The van der Waals surface area contributed by atoms with Gasteiger partial charge in [-0.3, -0.25) is 0 Å². The van der Waals surface area contributed by atoms with Gasteiger partial charge < -0.3 is 13.7 Å². The number of rotatable bonds is 4. The molecule has 0 radical (unpaired) electrons. The molecule has 0 aliphatic rings. The zero-order chi connectivity index (χ0) is 30.9. The van der Waals surface area contributed by atoms with Gasteiger partial charge in [0.15, 0.2) is 0 Å². The van der Waals surface area contributed by atoms with Crippen LogP contribution in [0, 0.1) is 0 Å². The third kappa shape index (κ3) is 3.93. The first-order valence-corrected chi connectivity index (χ1v) is 16.1. The molecule has 3 heteroatoms. The van der Waals surface area contributed by atoms with E-state index in [1.54, 1.807) is 0 Å². The van der Waals surface area contributed by atoms with Crippen molar-refractivity contribution in [3.63, 3.8) is 0 Å². The summed E-state index contributed by atoms with van der Waals surface area (Å²) >= 11 is 0. The highest BCUT2D eigenvalue weighted by Crippen LogP contribution is 2.39. The van der Waals surface area contributed by atoms with Crippen LogP contribution in [0.25, 0.3) is 82.7 Å². The maximum absolute atomic E-state index is 2.45. The fraction of sp³-hybridized carbons (Fsp3) is 0. The van der Waals surface area contributed by atoms with Crippen molar-refractivity contribution in [1.29, 1.82) is 0 Å². The number of hydrogen-bond donors (Lipinski definition) is 0. The summed E-state index contributed by atoms with van der Waals surface area (Å²) in [6.45, 7) is 0. The lowest BCUT2D eigenvalue weighted by Gasteiger charge is -2.16. The van der Waals surface area contributed by atoms with Crippen LogP contribution < -0.4 is 0 Å². The van der Waals surface area contributed by atoms with Crippen LogP contribution in [0.1, 0.15) is 0 Å². The van der Waals surface area contributed by atoms with E-state index in [2.05, 4.69) is 190 Å². The minimum Gasteiger partial charge on any atom is -0.317 e. The Labute approximate surface area is 271 Å². The van der Waals surface area contributed by atoms with E-state index in [0.29, 0.717) is 0 Å². The minimum atomic E-state index is 1.14. The molecule has 0 unspecified atom stereocenters. The molecule has 0 N–H and O–H groups in total. The maximum atomic E-state index is 2.45. The van der Waals surface area contributed by atoms with Crippen molar-refractivity contribution < 1.29 is 0 Å². The van der Waals surface area contributed by atoms with Crippen molar-refractivity contribution in [2.24, 2.45) is 0 Å².